The van der Waals surface area contributed by atoms with Crippen molar-refractivity contribution < 1.29 is 14.3 Å². The van der Waals surface area contributed by atoms with Gasteiger partial charge in [0.05, 0.1) is 35.9 Å². The van der Waals surface area contributed by atoms with Crippen LogP contribution >= 0.6 is 0 Å². The summed E-state index contributed by atoms with van der Waals surface area (Å²) in [6, 6.07) is 11.9. The number of ketones is 1. The van der Waals surface area contributed by atoms with Gasteiger partial charge in [-0.2, -0.15) is 5.10 Å². The van der Waals surface area contributed by atoms with Crippen molar-refractivity contribution in [3.05, 3.63) is 59.7 Å². The van der Waals surface area contributed by atoms with Crippen molar-refractivity contribution in [3.8, 4) is 29.7 Å². The van der Waals surface area contributed by atoms with Gasteiger partial charge in [-0.1, -0.05) is 0 Å². The summed E-state index contributed by atoms with van der Waals surface area (Å²) in [6.07, 6.45) is 9.44. The summed E-state index contributed by atoms with van der Waals surface area (Å²) in [5, 5.41) is 4.44. The molecule has 9 heteroatoms. The zero-order chi connectivity index (χ0) is 25.5. The molecule has 0 aliphatic carbocycles. The number of hydrogen-bond donors (Lipinski definition) is 0. The number of aryl methyl sites for hydroxylation is 1. The fourth-order valence-electron chi connectivity index (χ4n) is 5.00. The van der Waals surface area contributed by atoms with E-state index in [-0.39, 0.29) is 11.9 Å². The highest BCUT2D eigenvalue weighted by molar-refractivity contribution is 5.97. The molecule has 0 N–H and O–H groups in total. The van der Waals surface area contributed by atoms with E-state index in [0.717, 1.165) is 61.6 Å². The number of fused-ring (bicyclic) bond motifs is 1. The summed E-state index contributed by atoms with van der Waals surface area (Å²) in [5.74, 6) is 4.30. The van der Waals surface area contributed by atoms with Gasteiger partial charge in [-0.05, 0) is 62.9 Å². The predicted octanol–water partition coefficient (Wildman–Crippen LogP) is 3.34. The number of likely N-dealkylation sites (tertiary alicyclic amines) is 1. The average Bonchev–Trinajstić information content (AvgIpc) is 3.46. The molecule has 2 aliphatic rings. The Kier molecular flexibility index (Phi) is 5.99. The van der Waals surface area contributed by atoms with Gasteiger partial charge in [0.1, 0.15) is 29.7 Å². The number of pyridine rings is 1. The lowest BCUT2D eigenvalue weighted by Crippen LogP contribution is -2.52. The second-order valence-corrected chi connectivity index (χ2v) is 9.63. The number of carbonyl (C=O) groups excluding carboxylic acids is 1. The predicted molar refractivity (Wildman–Crippen MR) is 138 cm³/mol. The highest BCUT2D eigenvalue weighted by Gasteiger charge is 2.30. The van der Waals surface area contributed by atoms with Crippen molar-refractivity contribution in [1.82, 2.24) is 29.2 Å². The third-order valence-electron chi connectivity index (χ3n) is 7.16. The lowest BCUT2D eigenvalue weighted by atomic mass is 10.0. The Morgan fingerprint density at radius 1 is 1.16 bits per heavy atom. The van der Waals surface area contributed by atoms with Crippen LogP contribution in [0.1, 0.15) is 41.5 Å². The van der Waals surface area contributed by atoms with E-state index in [1.807, 2.05) is 35.8 Å². The van der Waals surface area contributed by atoms with Gasteiger partial charge in [-0.3, -0.25) is 14.3 Å². The summed E-state index contributed by atoms with van der Waals surface area (Å²) >= 11 is 0. The maximum atomic E-state index is 12.4. The summed E-state index contributed by atoms with van der Waals surface area (Å²) in [4.78, 5) is 24.3. The molecule has 4 aromatic rings. The molecule has 0 atom stereocenters. The Labute approximate surface area is 215 Å². The maximum Gasteiger partial charge on any atom is 0.166 e. The Balaban J connectivity index is 1.30. The Hall–Kier alpha value is -4.00. The molecule has 6 rings (SSSR count). The largest absolute Gasteiger partial charge is 0.490 e. The first kappa shape index (κ1) is 23.4. The number of Topliss-reactive ketones (excluding diaryl/α,β-unsaturated/α-hetero) is 1. The molecule has 0 saturated carbocycles. The van der Waals surface area contributed by atoms with E-state index in [1.165, 1.54) is 6.92 Å². The number of piperidine rings is 1. The molecule has 5 heterocycles. The van der Waals surface area contributed by atoms with Gasteiger partial charge in [0, 0.05) is 24.8 Å². The number of carbonyl (C=O) groups is 1. The molecule has 37 heavy (non-hydrogen) atoms. The van der Waals surface area contributed by atoms with Crippen molar-refractivity contribution in [2.75, 3.05) is 26.3 Å². The van der Waals surface area contributed by atoms with Gasteiger partial charge >= 0.3 is 0 Å². The molecular formula is C28H28N6O3. The second-order valence-electron chi connectivity index (χ2n) is 9.63. The van der Waals surface area contributed by atoms with Crippen LogP contribution in [0.4, 0.5) is 0 Å². The smallest absolute Gasteiger partial charge is 0.166 e. The van der Waals surface area contributed by atoms with E-state index in [2.05, 4.69) is 20.9 Å². The molecule has 2 saturated heterocycles. The van der Waals surface area contributed by atoms with Crippen LogP contribution in [0.15, 0.2) is 42.7 Å². The molecule has 1 aromatic carbocycles. The van der Waals surface area contributed by atoms with Crippen molar-refractivity contribution in [2.45, 2.75) is 38.8 Å². The standard InChI is InChI=1S/C28H28N6O3/c1-4-20-13-18(2)34(31-20)28-24(19(3)35)6-8-27(30-28)33-17-29-25-7-5-23(14-26(25)33)37-22-9-11-32(12-10-22)21-15-36-16-21/h1,5-8,13-14,17,21-22H,9-12,15-16H2,2-3H3. The number of hydrogen-bond acceptors (Lipinski definition) is 7. The number of nitrogens with zero attached hydrogens (tertiary/aromatic N) is 6. The van der Waals surface area contributed by atoms with E-state index in [9.17, 15) is 4.79 Å². The zero-order valence-electron chi connectivity index (χ0n) is 20.9. The first-order chi connectivity index (χ1) is 18.0. The number of ether oxygens (including phenoxy) is 2. The van der Waals surface area contributed by atoms with Crippen molar-refractivity contribution >= 4 is 16.8 Å². The van der Waals surface area contributed by atoms with E-state index < -0.39 is 0 Å². The van der Waals surface area contributed by atoms with Gasteiger partial charge in [0.2, 0.25) is 0 Å². The SMILES string of the molecule is C#Cc1cc(C)n(-c2nc(-n3cnc4ccc(OC5CCN(C6COC6)CC5)cc43)ccc2C(C)=O)n1. The molecule has 0 spiro atoms. The van der Waals surface area contributed by atoms with Gasteiger partial charge in [0.25, 0.3) is 0 Å². The van der Waals surface area contributed by atoms with Crippen molar-refractivity contribution in [2.24, 2.45) is 0 Å². The number of aromatic nitrogens is 5. The van der Waals surface area contributed by atoms with Crippen LogP contribution in [-0.4, -0.2) is 73.4 Å². The van der Waals surface area contributed by atoms with Crippen LogP contribution in [-0.2, 0) is 4.74 Å². The molecule has 3 aromatic heterocycles. The lowest BCUT2D eigenvalue weighted by Gasteiger charge is -2.41. The highest BCUT2D eigenvalue weighted by Crippen LogP contribution is 2.27. The van der Waals surface area contributed by atoms with Crippen LogP contribution in [0.2, 0.25) is 0 Å². The molecule has 0 unspecified atom stereocenters. The highest BCUT2D eigenvalue weighted by atomic mass is 16.5. The van der Waals surface area contributed by atoms with Gasteiger partial charge in [-0.25, -0.2) is 14.6 Å². The van der Waals surface area contributed by atoms with E-state index in [4.69, 9.17) is 20.9 Å². The second kappa shape index (κ2) is 9.47. The number of imidazole rings is 1. The molecule has 0 radical (unpaired) electrons. The minimum absolute atomic E-state index is 0.103. The minimum Gasteiger partial charge on any atom is -0.490 e. The molecule has 0 bridgehead atoms. The van der Waals surface area contributed by atoms with Gasteiger partial charge in [-0.15, -0.1) is 6.42 Å². The quantitative estimate of drug-likeness (QED) is 0.299. The number of terminal acetylenes is 1. The fraction of sp³-hybridized carbons (Fsp3) is 0.357. The Morgan fingerprint density at radius 2 is 1.97 bits per heavy atom. The Morgan fingerprint density at radius 3 is 2.65 bits per heavy atom. The van der Waals surface area contributed by atoms with Crippen LogP contribution in [0.25, 0.3) is 22.7 Å². The third kappa shape index (κ3) is 4.39. The molecule has 188 valence electrons. The molecule has 0 amide bonds. The van der Waals surface area contributed by atoms with Crippen molar-refractivity contribution in [3.63, 3.8) is 0 Å². The van der Waals surface area contributed by atoms with E-state index >= 15 is 0 Å². The minimum atomic E-state index is -0.103. The van der Waals surface area contributed by atoms with Crippen LogP contribution in [0, 0.1) is 19.3 Å². The average molecular weight is 497 g/mol. The normalized spacial score (nSPS) is 17.0. The Bertz CT molecular complexity index is 1520. The van der Waals surface area contributed by atoms with Crippen molar-refractivity contribution in [1.29, 1.82) is 0 Å². The summed E-state index contributed by atoms with van der Waals surface area (Å²) in [5.41, 5.74) is 3.45. The topological polar surface area (TPSA) is 87.3 Å². The first-order valence-electron chi connectivity index (χ1n) is 12.5. The van der Waals surface area contributed by atoms with E-state index in [0.29, 0.717) is 28.9 Å². The molecule has 2 fully saturated rings. The summed E-state index contributed by atoms with van der Waals surface area (Å²) in [7, 11) is 0. The molecular weight excluding hydrogens is 468 g/mol. The van der Waals surface area contributed by atoms with Gasteiger partial charge < -0.3 is 9.47 Å². The van der Waals surface area contributed by atoms with Gasteiger partial charge in [0.15, 0.2) is 11.6 Å². The molecule has 9 nitrogen and oxygen atoms in total. The maximum absolute atomic E-state index is 12.4. The van der Waals surface area contributed by atoms with Crippen LogP contribution in [0.3, 0.4) is 0 Å². The lowest BCUT2D eigenvalue weighted by molar-refractivity contribution is -0.0778. The van der Waals surface area contributed by atoms with Crippen LogP contribution in [0.5, 0.6) is 5.75 Å². The molecule has 2 aliphatic heterocycles. The number of benzene rings is 1. The monoisotopic (exact) mass is 496 g/mol. The summed E-state index contributed by atoms with van der Waals surface area (Å²) in [6.45, 7) is 7.15. The summed E-state index contributed by atoms with van der Waals surface area (Å²) < 4.78 is 15.2. The fourth-order valence-corrected chi connectivity index (χ4v) is 5.00. The third-order valence-corrected chi connectivity index (χ3v) is 7.16. The zero-order valence-corrected chi connectivity index (χ0v) is 20.9. The van der Waals surface area contributed by atoms with E-state index in [1.54, 1.807) is 23.1 Å². The number of rotatable bonds is 6. The first-order valence-corrected chi connectivity index (χ1v) is 12.5. The van der Waals surface area contributed by atoms with Crippen LogP contribution < -0.4 is 4.74 Å².